The van der Waals surface area contributed by atoms with Gasteiger partial charge in [0.15, 0.2) is 0 Å². The molecule has 2 N–H and O–H groups in total. The Balaban J connectivity index is 1.79. The standard InChI is InChI=1S/C17H19NO3S/c19-9-12-2-1-3-13(6-12)17(21)18-7-15(10-20)16(8-18)14-4-5-22-11-14/h1-6,11,15-16,19-20H,7-10H2/t15-,16-/m0/s1. The van der Waals surface area contributed by atoms with Gasteiger partial charge in [0.05, 0.1) is 6.61 Å². The zero-order chi connectivity index (χ0) is 15.5. The van der Waals surface area contributed by atoms with Crippen molar-refractivity contribution in [3.63, 3.8) is 0 Å². The molecule has 1 saturated heterocycles. The van der Waals surface area contributed by atoms with Crippen molar-refractivity contribution in [1.29, 1.82) is 0 Å². The van der Waals surface area contributed by atoms with Gasteiger partial charge in [-0.1, -0.05) is 12.1 Å². The lowest BCUT2D eigenvalue weighted by Crippen LogP contribution is -2.29. The Bertz CT molecular complexity index is 641. The van der Waals surface area contributed by atoms with E-state index in [1.165, 1.54) is 5.56 Å². The molecule has 1 aromatic carbocycles. The van der Waals surface area contributed by atoms with Gasteiger partial charge < -0.3 is 15.1 Å². The van der Waals surface area contributed by atoms with Crippen molar-refractivity contribution in [3.8, 4) is 0 Å². The lowest BCUT2D eigenvalue weighted by Gasteiger charge is -2.16. The second kappa shape index (κ2) is 6.60. The summed E-state index contributed by atoms with van der Waals surface area (Å²) in [5, 5.41) is 22.9. The van der Waals surface area contributed by atoms with E-state index < -0.39 is 0 Å². The molecule has 22 heavy (non-hydrogen) atoms. The molecule has 2 heterocycles. The van der Waals surface area contributed by atoms with E-state index >= 15 is 0 Å². The average Bonchev–Trinajstić information content (AvgIpc) is 3.22. The Morgan fingerprint density at radius 2 is 2.14 bits per heavy atom. The highest BCUT2D eigenvalue weighted by molar-refractivity contribution is 7.08. The van der Waals surface area contributed by atoms with E-state index in [-0.39, 0.29) is 31.0 Å². The number of thiophene rings is 1. The Morgan fingerprint density at radius 1 is 1.27 bits per heavy atom. The molecule has 1 amide bonds. The number of rotatable bonds is 4. The smallest absolute Gasteiger partial charge is 0.253 e. The monoisotopic (exact) mass is 317 g/mol. The summed E-state index contributed by atoms with van der Waals surface area (Å²) in [6.45, 7) is 1.21. The molecular weight excluding hydrogens is 298 g/mol. The zero-order valence-corrected chi connectivity index (χ0v) is 13.0. The van der Waals surface area contributed by atoms with Crippen LogP contribution in [-0.4, -0.2) is 40.7 Å². The van der Waals surface area contributed by atoms with Gasteiger partial charge in [-0.05, 0) is 40.1 Å². The Labute approximate surface area is 133 Å². The molecule has 2 atom stereocenters. The third-order valence-corrected chi connectivity index (χ3v) is 4.99. The normalized spacial score (nSPS) is 21.3. The number of nitrogens with zero attached hydrogens (tertiary/aromatic N) is 1. The lowest BCUT2D eigenvalue weighted by atomic mass is 9.92. The summed E-state index contributed by atoms with van der Waals surface area (Å²) in [5.41, 5.74) is 2.52. The summed E-state index contributed by atoms with van der Waals surface area (Å²) in [5.74, 6) is 0.243. The first-order valence-corrected chi connectivity index (χ1v) is 8.29. The molecule has 0 unspecified atom stereocenters. The first-order valence-electron chi connectivity index (χ1n) is 7.35. The van der Waals surface area contributed by atoms with Crippen LogP contribution in [0, 0.1) is 5.92 Å². The SMILES string of the molecule is O=C(c1cccc(CO)c1)N1C[C@@H](CO)[C@H](c2ccsc2)C1. The maximum Gasteiger partial charge on any atom is 0.253 e. The molecule has 0 aliphatic carbocycles. The van der Waals surface area contributed by atoms with Crippen LogP contribution >= 0.6 is 11.3 Å². The van der Waals surface area contributed by atoms with Crippen LogP contribution in [0.3, 0.4) is 0 Å². The summed E-state index contributed by atoms with van der Waals surface area (Å²) in [6, 6.07) is 9.15. The molecule has 5 heteroatoms. The summed E-state index contributed by atoms with van der Waals surface area (Å²) in [7, 11) is 0. The molecule has 3 rings (SSSR count). The molecule has 0 bridgehead atoms. The van der Waals surface area contributed by atoms with Gasteiger partial charge in [0, 0.05) is 37.1 Å². The molecule has 4 nitrogen and oxygen atoms in total. The van der Waals surface area contributed by atoms with Gasteiger partial charge in [-0.2, -0.15) is 11.3 Å². The molecule has 0 radical (unpaired) electrons. The summed E-state index contributed by atoms with van der Waals surface area (Å²) in [6.07, 6.45) is 0. The predicted molar refractivity (Wildman–Crippen MR) is 85.9 cm³/mol. The number of amides is 1. The third-order valence-electron chi connectivity index (χ3n) is 4.29. The fourth-order valence-electron chi connectivity index (χ4n) is 3.07. The van der Waals surface area contributed by atoms with E-state index in [9.17, 15) is 15.0 Å². The maximum absolute atomic E-state index is 12.7. The molecule has 1 aliphatic heterocycles. The van der Waals surface area contributed by atoms with Gasteiger partial charge >= 0.3 is 0 Å². The number of carbonyl (C=O) groups excluding carboxylic acids is 1. The summed E-state index contributed by atoms with van der Waals surface area (Å²) >= 11 is 1.64. The maximum atomic E-state index is 12.7. The highest BCUT2D eigenvalue weighted by Gasteiger charge is 2.36. The Morgan fingerprint density at radius 3 is 2.82 bits per heavy atom. The van der Waals surface area contributed by atoms with Crippen LogP contribution in [0.1, 0.15) is 27.4 Å². The van der Waals surface area contributed by atoms with Crippen LogP contribution in [0.4, 0.5) is 0 Å². The Hall–Kier alpha value is -1.69. The van der Waals surface area contributed by atoms with E-state index in [0.29, 0.717) is 18.7 Å². The number of hydrogen-bond donors (Lipinski definition) is 2. The molecular formula is C17H19NO3S. The fraction of sp³-hybridized carbons (Fsp3) is 0.353. The highest BCUT2D eigenvalue weighted by Crippen LogP contribution is 2.34. The molecule has 1 aliphatic rings. The molecule has 1 aromatic heterocycles. The van der Waals surface area contributed by atoms with E-state index in [0.717, 1.165) is 5.56 Å². The molecule has 0 saturated carbocycles. The summed E-state index contributed by atoms with van der Waals surface area (Å²) < 4.78 is 0. The third kappa shape index (κ3) is 2.92. The minimum atomic E-state index is -0.0715. The average molecular weight is 317 g/mol. The van der Waals surface area contributed by atoms with Gasteiger partial charge in [-0.3, -0.25) is 4.79 Å². The fourth-order valence-corrected chi connectivity index (χ4v) is 3.80. The van der Waals surface area contributed by atoms with Crippen molar-refractivity contribution >= 4 is 17.2 Å². The number of likely N-dealkylation sites (tertiary alicyclic amines) is 1. The number of carbonyl (C=O) groups is 1. The summed E-state index contributed by atoms with van der Waals surface area (Å²) in [4.78, 5) is 14.5. The molecule has 1 fully saturated rings. The largest absolute Gasteiger partial charge is 0.396 e. The first kappa shape index (κ1) is 15.2. The van der Waals surface area contributed by atoms with Gasteiger partial charge in [0.2, 0.25) is 0 Å². The number of aliphatic hydroxyl groups is 2. The van der Waals surface area contributed by atoms with E-state index in [1.54, 1.807) is 40.5 Å². The highest BCUT2D eigenvalue weighted by atomic mass is 32.1. The van der Waals surface area contributed by atoms with Gasteiger partial charge in [0.1, 0.15) is 0 Å². The second-order valence-electron chi connectivity index (χ2n) is 5.67. The van der Waals surface area contributed by atoms with Crippen molar-refractivity contribution in [1.82, 2.24) is 4.90 Å². The van der Waals surface area contributed by atoms with E-state index in [1.807, 2.05) is 5.38 Å². The molecule has 0 spiro atoms. The van der Waals surface area contributed by atoms with Gasteiger partial charge in [-0.15, -0.1) is 0 Å². The van der Waals surface area contributed by atoms with Crippen molar-refractivity contribution in [3.05, 3.63) is 57.8 Å². The van der Waals surface area contributed by atoms with Crippen LogP contribution in [0.15, 0.2) is 41.1 Å². The van der Waals surface area contributed by atoms with Gasteiger partial charge in [0.25, 0.3) is 5.91 Å². The number of aliphatic hydroxyl groups excluding tert-OH is 2. The number of hydrogen-bond acceptors (Lipinski definition) is 4. The Kier molecular flexibility index (Phi) is 4.57. The van der Waals surface area contributed by atoms with Gasteiger partial charge in [-0.25, -0.2) is 0 Å². The van der Waals surface area contributed by atoms with Crippen molar-refractivity contribution in [2.24, 2.45) is 5.92 Å². The van der Waals surface area contributed by atoms with Crippen LogP contribution in [0.5, 0.6) is 0 Å². The van der Waals surface area contributed by atoms with Crippen molar-refractivity contribution in [2.45, 2.75) is 12.5 Å². The minimum Gasteiger partial charge on any atom is -0.396 e. The van der Waals surface area contributed by atoms with Crippen LogP contribution in [-0.2, 0) is 6.61 Å². The van der Waals surface area contributed by atoms with E-state index in [4.69, 9.17) is 0 Å². The molecule has 116 valence electrons. The van der Waals surface area contributed by atoms with Crippen LogP contribution in [0.25, 0.3) is 0 Å². The number of benzene rings is 1. The van der Waals surface area contributed by atoms with Crippen LogP contribution in [0.2, 0.25) is 0 Å². The lowest BCUT2D eigenvalue weighted by molar-refractivity contribution is 0.0781. The quantitative estimate of drug-likeness (QED) is 0.908. The first-order chi connectivity index (χ1) is 10.7. The predicted octanol–water partition coefficient (Wildman–Crippen LogP) is 2.09. The molecule has 2 aromatic rings. The minimum absolute atomic E-state index is 0.0357. The van der Waals surface area contributed by atoms with E-state index in [2.05, 4.69) is 11.4 Å². The topological polar surface area (TPSA) is 60.8 Å². The zero-order valence-electron chi connectivity index (χ0n) is 12.2. The van der Waals surface area contributed by atoms with Crippen LogP contribution < -0.4 is 0 Å². The van der Waals surface area contributed by atoms with Crippen molar-refractivity contribution in [2.75, 3.05) is 19.7 Å². The second-order valence-corrected chi connectivity index (χ2v) is 6.45. The van der Waals surface area contributed by atoms with Crippen molar-refractivity contribution < 1.29 is 15.0 Å².